The van der Waals surface area contributed by atoms with Gasteiger partial charge in [0.2, 0.25) is 0 Å². The predicted molar refractivity (Wildman–Crippen MR) is 87.1 cm³/mol. The van der Waals surface area contributed by atoms with E-state index in [2.05, 4.69) is 19.9 Å². The van der Waals surface area contributed by atoms with Crippen LogP contribution in [0, 0.1) is 0 Å². The standard InChI is InChI=1S/C16H24N2O2.ClH/c1-12(2)13-5-3-7-15(9-13)20-11-16(19)18-8-4-6-14(17)10-18;/h3,5,7,9,12,14H,4,6,8,10-11,17H2,1-2H3;1H. The molecule has 0 bridgehead atoms. The highest BCUT2D eigenvalue weighted by Crippen LogP contribution is 2.20. The van der Waals surface area contributed by atoms with Crippen molar-refractivity contribution in [2.24, 2.45) is 5.73 Å². The van der Waals surface area contributed by atoms with Gasteiger partial charge in [0, 0.05) is 19.1 Å². The van der Waals surface area contributed by atoms with Crippen LogP contribution in [0.1, 0.15) is 38.2 Å². The summed E-state index contributed by atoms with van der Waals surface area (Å²) in [7, 11) is 0. The Morgan fingerprint density at radius 3 is 2.90 bits per heavy atom. The van der Waals surface area contributed by atoms with Crippen LogP contribution in [0.2, 0.25) is 0 Å². The first-order chi connectivity index (χ1) is 9.56. The molecule has 5 heteroatoms. The molecule has 21 heavy (non-hydrogen) atoms. The number of halogens is 1. The highest BCUT2D eigenvalue weighted by molar-refractivity contribution is 5.85. The Bertz CT molecular complexity index is 465. The van der Waals surface area contributed by atoms with E-state index in [9.17, 15) is 4.79 Å². The van der Waals surface area contributed by atoms with Gasteiger partial charge < -0.3 is 15.4 Å². The largest absolute Gasteiger partial charge is 0.484 e. The van der Waals surface area contributed by atoms with Crippen molar-refractivity contribution in [1.29, 1.82) is 0 Å². The molecule has 1 amide bonds. The van der Waals surface area contributed by atoms with Gasteiger partial charge in [-0.25, -0.2) is 0 Å². The summed E-state index contributed by atoms with van der Waals surface area (Å²) in [6, 6.07) is 8.03. The third-order valence-corrected chi connectivity index (χ3v) is 3.70. The molecule has 0 aromatic heterocycles. The zero-order valence-electron chi connectivity index (χ0n) is 12.7. The molecular formula is C16H25ClN2O2. The van der Waals surface area contributed by atoms with Gasteiger partial charge in [-0.15, -0.1) is 12.4 Å². The maximum Gasteiger partial charge on any atom is 0.260 e. The lowest BCUT2D eigenvalue weighted by Gasteiger charge is -2.30. The van der Waals surface area contributed by atoms with Crippen molar-refractivity contribution in [2.75, 3.05) is 19.7 Å². The van der Waals surface area contributed by atoms with Crippen molar-refractivity contribution >= 4 is 18.3 Å². The second kappa shape index (κ2) is 8.25. The number of carbonyl (C=O) groups is 1. The van der Waals surface area contributed by atoms with Crippen LogP contribution in [0.4, 0.5) is 0 Å². The predicted octanol–water partition coefficient (Wildman–Crippen LogP) is 2.56. The Labute approximate surface area is 133 Å². The van der Waals surface area contributed by atoms with E-state index in [1.165, 1.54) is 5.56 Å². The summed E-state index contributed by atoms with van der Waals surface area (Å²) in [6.45, 7) is 5.81. The number of carbonyl (C=O) groups excluding carboxylic acids is 1. The fourth-order valence-electron chi connectivity index (χ4n) is 2.44. The average Bonchev–Trinajstić information content (AvgIpc) is 2.45. The molecule has 1 aliphatic heterocycles. The van der Waals surface area contributed by atoms with E-state index in [1.807, 2.05) is 18.2 Å². The molecule has 1 saturated heterocycles. The Kier molecular flexibility index (Phi) is 6.99. The number of piperidine rings is 1. The van der Waals surface area contributed by atoms with Crippen molar-refractivity contribution in [3.05, 3.63) is 29.8 Å². The number of amides is 1. The van der Waals surface area contributed by atoms with Gasteiger partial charge in [0.15, 0.2) is 6.61 Å². The number of nitrogens with zero attached hydrogens (tertiary/aromatic N) is 1. The minimum atomic E-state index is 0. The van der Waals surface area contributed by atoms with Crippen LogP contribution in [-0.4, -0.2) is 36.5 Å². The van der Waals surface area contributed by atoms with Gasteiger partial charge in [-0.1, -0.05) is 26.0 Å². The Balaban J connectivity index is 0.00000220. The molecule has 2 rings (SSSR count). The molecule has 1 aromatic carbocycles. The lowest BCUT2D eigenvalue weighted by molar-refractivity contribution is -0.134. The summed E-state index contributed by atoms with van der Waals surface area (Å²) in [5.74, 6) is 1.23. The number of hydrogen-bond acceptors (Lipinski definition) is 3. The van der Waals surface area contributed by atoms with Gasteiger partial charge in [0.05, 0.1) is 0 Å². The van der Waals surface area contributed by atoms with Gasteiger partial charge in [0.1, 0.15) is 5.75 Å². The molecular weight excluding hydrogens is 288 g/mol. The topological polar surface area (TPSA) is 55.6 Å². The van der Waals surface area contributed by atoms with Crippen LogP contribution < -0.4 is 10.5 Å². The van der Waals surface area contributed by atoms with E-state index in [-0.39, 0.29) is 31.0 Å². The molecule has 0 saturated carbocycles. The smallest absolute Gasteiger partial charge is 0.260 e. The van der Waals surface area contributed by atoms with Crippen molar-refractivity contribution in [3.63, 3.8) is 0 Å². The molecule has 1 aliphatic rings. The number of ether oxygens (including phenoxy) is 1. The lowest BCUT2D eigenvalue weighted by atomic mass is 10.0. The number of nitrogens with two attached hydrogens (primary N) is 1. The van der Waals surface area contributed by atoms with E-state index in [0.717, 1.165) is 25.1 Å². The third-order valence-electron chi connectivity index (χ3n) is 3.70. The Morgan fingerprint density at radius 2 is 2.24 bits per heavy atom. The van der Waals surface area contributed by atoms with Gasteiger partial charge in [-0.3, -0.25) is 4.79 Å². The van der Waals surface area contributed by atoms with E-state index < -0.39 is 0 Å². The van der Waals surface area contributed by atoms with Gasteiger partial charge in [-0.2, -0.15) is 0 Å². The molecule has 1 aromatic rings. The summed E-state index contributed by atoms with van der Waals surface area (Å²) in [6.07, 6.45) is 1.98. The Hall–Kier alpha value is -1.26. The van der Waals surface area contributed by atoms with Crippen molar-refractivity contribution in [2.45, 2.75) is 38.6 Å². The van der Waals surface area contributed by atoms with Crippen LogP contribution in [0.5, 0.6) is 5.75 Å². The number of hydrogen-bond donors (Lipinski definition) is 1. The molecule has 0 radical (unpaired) electrons. The van der Waals surface area contributed by atoms with Crippen molar-refractivity contribution in [1.82, 2.24) is 4.90 Å². The maximum absolute atomic E-state index is 12.1. The van der Waals surface area contributed by atoms with Crippen LogP contribution in [0.3, 0.4) is 0 Å². The first kappa shape index (κ1) is 17.8. The van der Waals surface area contributed by atoms with Gasteiger partial charge >= 0.3 is 0 Å². The monoisotopic (exact) mass is 312 g/mol. The molecule has 0 spiro atoms. The normalized spacial score (nSPS) is 18.3. The highest BCUT2D eigenvalue weighted by Gasteiger charge is 2.21. The summed E-state index contributed by atoms with van der Waals surface area (Å²) in [4.78, 5) is 13.9. The summed E-state index contributed by atoms with van der Waals surface area (Å²) >= 11 is 0. The third kappa shape index (κ3) is 5.21. The van der Waals surface area contributed by atoms with Crippen LogP contribution in [-0.2, 0) is 4.79 Å². The SMILES string of the molecule is CC(C)c1cccc(OCC(=O)N2CCCC(N)C2)c1.Cl. The number of rotatable bonds is 4. The lowest BCUT2D eigenvalue weighted by Crippen LogP contribution is -2.47. The molecule has 4 nitrogen and oxygen atoms in total. The summed E-state index contributed by atoms with van der Waals surface area (Å²) < 4.78 is 5.62. The van der Waals surface area contributed by atoms with E-state index in [0.29, 0.717) is 12.5 Å². The van der Waals surface area contributed by atoms with E-state index in [1.54, 1.807) is 4.90 Å². The maximum atomic E-state index is 12.1. The second-order valence-corrected chi connectivity index (χ2v) is 5.76. The molecule has 2 N–H and O–H groups in total. The molecule has 1 unspecified atom stereocenters. The summed E-state index contributed by atoms with van der Waals surface area (Å²) in [5, 5.41) is 0. The fraction of sp³-hybridized carbons (Fsp3) is 0.562. The zero-order valence-corrected chi connectivity index (χ0v) is 13.6. The molecule has 1 heterocycles. The number of benzene rings is 1. The van der Waals surface area contributed by atoms with Crippen molar-refractivity contribution in [3.8, 4) is 5.75 Å². The van der Waals surface area contributed by atoms with E-state index >= 15 is 0 Å². The first-order valence-electron chi connectivity index (χ1n) is 7.32. The molecule has 1 fully saturated rings. The van der Waals surface area contributed by atoms with Crippen molar-refractivity contribution < 1.29 is 9.53 Å². The van der Waals surface area contributed by atoms with Gasteiger partial charge in [0.25, 0.3) is 5.91 Å². The minimum Gasteiger partial charge on any atom is -0.484 e. The fourth-order valence-corrected chi connectivity index (χ4v) is 2.44. The molecule has 1 atom stereocenters. The van der Waals surface area contributed by atoms with Crippen LogP contribution in [0.25, 0.3) is 0 Å². The minimum absolute atomic E-state index is 0. The molecule has 0 aliphatic carbocycles. The quantitative estimate of drug-likeness (QED) is 0.929. The number of likely N-dealkylation sites (tertiary alicyclic amines) is 1. The molecule has 118 valence electrons. The van der Waals surface area contributed by atoms with Gasteiger partial charge in [-0.05, 0) is 36.5 Å². The highest BCUT2D eigenvalue weighted by atomic mass is 35.5. The Morgan fingerprint density at radius 1 is 1.48 bits per heavy atom. The van der Waals surface area contributed by atoms with Crippen LogP contribution >= 0.6 is 12.4 Å². The summed E-state index contributed by atoms with van der Waals surface area (Å²) in [5.41, 5.74) is 7.11. The average molecular weight is 313 g/mol. The van der Waals surface area contributed by atoms with Crippen LogP contribution in [0.15, 0.2) is 24.3 Å². The first-order valence-corrected chi connectivity index (χ1v) is 7.32. The second-order valence-electron chi connectivity index (χ2n) is 5.76. The van der Waals surface area contributed by atoms with E-state index in [4.69, 9.17) is 10.5 Å². The zero-order chi connectivity index (χ0) is 14.5.